The molecule has 1 fully saturated rings. The van der Waals surface area contributed by atoms with E-state index in [0.717, 1.165) is 17.0 Å². The van der Waals surface area contributed by atoms with Crippen molar-refractivity contribution in [1.29, 1.82) is 0 Å². The molecule has 3 rings (SSSR count). The van der Waals surface area contributed by atoms with Crippen LogP contribution in [0.5, 0.6) is 0 Å². The van der Waals surface area contributed by atoms with Crippen molar-refractivity contribution in [3.8, 4) is 0 Å². The molecule has 3 atom stereocenters. The van der Waals surface area contributed by atoms with Crippen LogP contribution in [0.15, 0.2) is 36.1 Å². The number of cyclic esters (lactones) is 1. The van der Waals surface area contributed by atoms with E-state index in [-0.39, 0.29) is 30.6 Å². The molecule has 1 aliphatic carbocycles. The second-order valence-corrected chi connectivity index (χ2v) is 7.81. The van der Waals surface area contributed by atoms with E-state index in [1.165, 1.54) is 26.0 Å². The van der Waals surface area contributed by atoms with Crippen molar-refractivity contribution in [3.05, 3.63) is 47.7 Å². The molecule has 1 aromatic carbocycles. The van der Waals surface area contributed by atoms with Gasteiger partial charge in [0.05, 0.1) is 24.8 Å². The van der Waals surface area contributed by atoms with Crippen molar-refractivity contribution in [2.24, 2.45) is 5.92 Å². The zero-order valence-electron chi connectivity index (χ0n) is 18.3. The summed E-state index contributed by atoms with van der Waals surface area (Å²) in [5, 5.41) is 7.74. The Morgan fingerprint density at radius 3 is 2.42 bits per heavy atom. The van der Waals surface area contributed by atoms with Crippen LogP contribution in [0.25, 0.3) is 0 Å². The Hall–Kier alpha value is -3.76. The Balaban J connectivity index is 1.80. The van der Waals surface area contributed by atoms with Crippen LogP contribution < -0.4 is 20.9 Å². The summed E-state index contributed by atoms with van der Waals surface area (Å²) < 4.78 is 34.9. The monoisotopic (exact) mass is 462 g/mol. The standard InChI is InChI=1S/C22H24F2N4O5/c1-11-18(26-13(3)30)5-4-6-19(31)20(11)27-21-16(23)7-14(8-17(21)24)28-10-15(33-22(28)32)9-25-12(2)29/h4-8,11,15,20,27H,9-10H2,1-3H3,(H,25,29)(H,26,30)/t11?,15-,20?/m0/s1. The number of benzene rings is 1. The van der Waals surface area contributed by atoms with Crippen LogP contribution >= 0.6 is 0 Å². The van der Waals surface area contributed by atoms with Gasteiger partial charge in [0.15, 0.2) is 17.4 Å². The first-order chi connectivity index (χ1) is 15.6. The Morgan fingerprint density at radius 2 is 1.82 bits per heavy atom. The number of hydrogen-bond donors (Lipinski definition) is 3. The zero-order chi connectivity index (χ0) is 24.3. The summed E-state index contributed by atoms with van der Waals surface area (Å²) in [6.45, 7) is 4.34. The van der Waals surface area contributed by atoms with Gasteiger partial charge in [0.25, 0.3) is 0 Å². The molecule has 3 N–H and O–H groups in total. The zero-order valence-corrected chi connectivity index (χ0v) is 18.3. The number of halogens is 2. The Bertz CT molecular complexity index is 1030. The van der Waals surface area contributed by atoms with Gasteiger partial charge in [-0.2, -0.15) is 0 Å². The van der Waals surface area contributed by atoms with Gasteiger partial charge in [-0.1, -0.05) is 13.0 Å². The van der Waals surface area contributed by atoms with Gasteiger partial charge in [-0.05, 0) is 12.2 Å². The van der Waals surface area contributed by atoms with Crippen LogP contribution in [0.3, 0.4) is 0 Å². The van der Waals surface area contributed by atoms with Crippen molar-refractivity contribution in [1.82, 2.24) is 10.6 Å². The lowest BCUT2D eigenvalue weighted by Crippen LogP contribution is -2.39. The maximum absolute atomic E-state index is 14.9. The molecule has 0 saturated carbocycles. The minimum absolute atomic E-state index is 0.00141. The number of carbonyl (C=O) groups is 4. The molecule has 33 heavy (non-hydrogen) atoms. The molecule has 0 bridgehead atoms. The highest BCUT2D eigenvalue weighted by Gasteiger charge is 2.34. The van der Waals surface area contributed by atoms with Gasteiger partial charge >= 0.3 is 6.09 Å². The number of anilines is 2. The predicted octanol–water partition coefficient (Wildman–Crippen LogP) is 2.00. The largest absolute Gasteiger partial charge is 0.442 e. The maximum atomic E-state index is 14.9. The second-order valence-electron chi connectivity index (χ2n) is 7.81. The number of amides is 3. The smallest absolute Gasteiger partial charge is 0.414 e. The molecule has 2 aliphatic rings. The quantitative estimate of drug-likeness (QED) is 0.596. The highest BCUT2D eigenvalue weighted by atomic mass is 19.1. The van der Waals surface area contributed by atoms with Gasteiger partial charge in [0.1, 0.15) is 11.8 Å². The molecular weight excluding hydrogens is 438 g/mol. The molecule has 1 aliphatic heterocycles. The van der Waals surface area contributed by atoms with Crippen LogP contribution in [-0.2, 0) is 19.1 Å². The van der Waals surface area contributed by atoms with Gasteiger partial charge in [0, 0.05) is 37.6 Å². The van der Waals surface area contributed by atoms with E-state index in [1.54, 1.807) is 13.0 Å². The number of nitrogens with one attached hydrogen (secondary N) is 3. The average molecular weight is 462 g/mol. The summed E-state index contributed by atoms with van der Waals surface area (Å²) in [6.07, 6.45) is 2.80. The number of rotatable bonds is 6. The minimum atomic E-state index is -1.05. The Morgan fingerprint density at radius 1 is 1.15 bits per heavy atom. The molecule has 0 radical (unpaired) electrons. The third kappa shape index (κ3) is 5.54. The molecule has 1 saturated heterocycles. The lowest BCUT2D eigenvalue weighted by Gasteiger charge is -2.26. The van der Waals surface area contributed by atoms with Crippen molar-refractivity contribution in [2.75, 3.05) is 23.3 Å². The summed E-state index contributed by atoms with van der Waals surface area (Å²) in [4.78, 5) is 48.2. The number of hydrogen-bond acceptors (Lipinski definition) is 6. The van der Waals surface area contributed by atoms with Crippen molar-refractivity contribution < 1.29 is 32.7 Å². The maximum Gasteiger partial charge on any atom is 0.414 e. The van der Waals surface area contributed by atoms with Gasteiger partial charge < -0.3 is 20.7 Å². The molecule has 11 heteroatoms. The fourth-order valence-electron chi connectivity index (χ4n) is 3.59. The van der Waals surface area contributed by atoms with Gasteiger partial charge in [-0.3, -0.25) is 19.3 Å². The van der Waals surface area contributed by atoms with Crippen LogP contribution in [0, 0.1) is 17.6 Å². The predicted molar refractivity (Wildman–Crippen MR) is 115 cm³/mol. The van der Waals surface area contributed by atoms with E-state index in [1.807, 2.05) is 0 Å². The summed E-state index contributed by atoms with van der Waals surface area (Å²) in [5.41, 5.74) is -0.182. The summed E-state index contributed by atoms with van der Waals surface area (Å²) >= 11 is 0. The summed E-state index contributed by atoms with van der Waals surface area (Å²) in [5.74, 6) is -3.69. The highest BCUT2D eigenvalue weighted by molar-refractivity contribution is 5.98. The van der Waals surface area contributed by atoms with Gasteiger partial charge in [0.2, 0.25) is 11.8 Å². The average Bonchev–Trinajstić information content (AvgIpc) is 3.04. The molecule has 1 heterocycles. The van der Waals surface area contributed by atoms with E-state index >= 15 is 0 Å². The van der Waals surface area contributed by atoms with E-state index in [9.17, 15) is 28.0 Å². The van der Waals surface area contributed by atoms with E-state index < -0.39 is 47.3 Å². The lowest BCUT2D eigenvalue weighted by molar-refractivity contribution is -0.119. The Labute approximate surface area is 188 Å². The third-order valence-electron chi connectivity index (χ3n) is 5.24. The molecule has 0 aromatic heterocycles. The van der Waals surface area contributed by atoms with Crippen LogP contribution in [-0.4, -0.2) is 48.9 Å². The molecule has 3 amide bonds. The van der Waals surface area contributed by atoms with E-state index in [0.29, 0.717) is 5.70 Å². The molecule has 2 unspecified atom stereocenters. The van der Waals surface area contributed by atoms with Gasteiger partial charge in [-0.25, -0.2) is 13.6 Å². The molecule has 0 spiro atoms. The van der Waals surface area contributed by atoms with Crippen LogP contribution in [0.2, 0.25) is 0 Å². The number of ketones is 1. The minimum Gasteiger partial charge on any atom is -0.442 e. The summed E-state index contributed by atoms with van der Waals surface area (Å²) in [6, 6.07) is 0.870. The van der Waals surface area contributed by atoms with Crippen LogP contribution in [0.1, 0.15) is 20.8 Å². The number of ether oxygens (including phenoxy) is 1. The van der Waals surface area contributed by atoms with Gasteiger partial charge in [-0.15, -0.1) is 0 Å². The van der Waals surface area contributed by atoms with E-state index in [4.69, 9.17) is 4.74 Å². The molecule has 1 aromatic rings. The Kier molecular flexibility index (Phi) is 7.10. The fraction of sp³-hybridized carbons (Fsp3) is 0.364. The fourth-order valence-corrected chi connectivity index (χ4v) is 3.59. The molecule has 176 valence electrons. The van der Waals surface area contributed by atoms with Crippen LogP contribution in [0.4, 0.5) is 25.0 Å². The number of carbonyl (C=O) groups excluding carboxylic acids is 4. The second kappa shape index (κ2) is 9.80. The lowest BCUT2D eigenvalue weighted by atomic mass is 9.95. The number of allylic oxidation sites excluding steroid dienone is 2. The molecule has 9 nitrogen and oxygen atoms in total. The number of nitrogens with zero attached hydrogens (tertiary/aromatic N) is 1. The van der Waals surface area contributed by atoms with E-state index in [2.05, 4.69) is 16.0 Å². The topological polar surface area (TPSA) is 117 Å². The van der Waals surface area contributed by atoms with Crippen molar-refractivity contribution in [3.63, 3.8) is 0 Å². The third-order valence-corrected chi connectivity index (χ3v) is 5.24. The highest BCUT2D eigenvalue weighted by Crippen LogP contribution is 2.31. The first-order valence-electron chi connectivity index (χ1n) is 10.2. The molecular formula is C22H24F2N4O5. The van der Waals surface area contributed by atoms with Crippen molar-refractivity contribution >= 4 is 35.1 Å². The van der Waals surface area contributed by atoms with Crippen molar-refractivity contribution in [2.45, 2.75) is 32.9 Å². The first-order valence-corrected chi connectivity index (χ1v) is 10.2. The summed E-state index contributed by atoms with van der Waals surface area (Å²) in [7, 11) is 0. The first kappa shape index (κ1) is 23.9. The normalized spacial score (nSPS) is 22.4. The SMILES string of the molecule is CC(=O)NC[C@H]1CN(c2cc(F)c(NC3C(=O)C=CC=C(NC(C)=O)C3C)c(F)c2)C(=O)O1.